The molecule has 1 aromatic carbocycles. The highest BCUT2D eigenvalue weighted by Crippen LogP contribution is 2.18. The molecule has 114 valence electrons. The van der Waals surface area contributed by atoms with Crippen LogP contribution in [0.5, 0.6) is 0 Å². The van der Waals surface area contributed by atoms with Crippen LogP contribution in [-0.2, 0) is 11.2 Å². The highest BCUT2D eigenvalue weighted by molar-refractivity contribution is 5.92. The van der Waals surface area contributed by atoms with E-state index >= 15 is 0 Å². The van der Waals surface area contributed by atoms with Gasteiger partial charge < -0.3 is 16.4 Å². The molecule has 0 heterocycles. The number of hydrogen-bond donors (Lipinski definition) is 3. The number of rotatable bonds is 7. The van der Waals surface area contributed by atoms with Crippen LogP contribution in [0.15, 0.2) is 29.3 Å². The minimum atomic E-state index is 0.120. The van der Waals surface area contributed by atoms with Crippen molar-refractivity contribution in [3.63, 3.8) is 0 Å². The first-order valence-electron chi connectivity index (χ1n) is 7.62. The monoisotopic (exact) mass is 288 g/mol. The molecule has 0 atom stereocenters. The number of benzene rings is 1. The molecule has 1 aliphatic rings. The van der Waals surface area contributed by atoms with Crippen LogP contribution in [0.4, 0.5) is 5.69 Å². The molecule has 1 fully saturated rings. The van der Waals surface area contributed by atoms with Crippen molar-refractivity contribution in [2.75, 3.05) is 11.9 Å². The van der Waals surface area contributed by atoms with Crippen LogP contribution in [0.3, 0.4) is 0 Å². The lowest BCUT2D eigenvalue weighted by molar-refractivity contribution is -0.121. The Bertz CT molecular complexity index is 492. The topological polar surface area (TPSA) is 79.5 Å². The van der Waals surface area contributed by atoms with Crippen LogP contribution in [0, 0.1) is 0 Å². The van der Waals surface area contributed by atoms with Crippen molar-refractivity contribution in [1.29, 1.82) is 0 Å². The second-order valence-corrected chi connectivity index (χ2v) is 5.39. The Balaban J connectivity index is 1.66. The van der Waals surface area contributed by atoms with Gasteiger partial charge in [0.2, 0.25) is 5.91 Å². The molecule has 0 spiro atoms. The van der Waals surface area contributed by atoms with E-state index in [0.717, 1.165) is 31.4 Å². The second kappa shape index (κ2) is 7.67. The van der Waals surface area contributed by atoms with Gasteiger partial charge in [-0.3, -0.25) is 9.79 Å². The van der Waals surface area contributed by atoms with E-state index in [0.29, 0.717) is 25.0 Å². The van der Waals surface area contributed by atoms with Gasteiger partial charge in [0.25, 0.3) is 0 Å². The SMILES string of the molecule is CCc1ccc(NC(N)=NCCCC(=O)NC2CC2)cc1. The minimum absolute atomic E-state index is 0.120. The fourth-order valence-corrected chi connectivity index (χ4v) is 1.98. The Morgan fingerprint density at radius 2 is 2.05 bits per heavy atom. The van der Waals surface area contributed by atoms with Crippen molar-refractivity contribution < 1.29 is 4.79 Å². The lowest BCUT2D eigenvalue weighted by Gasteiger charge is -2.06. The number of nitrogens with one attached hydrogen (secondary N) is 2. The van der Waals surface area contributed by atoms with Crippen molar-refractivity contribution in [2.45, 2.75) is 45.1 Å². The maximum absolute atomic E-state index is 11.5. The molecule has 1 aromatic rings. The summed E-state index contributed by atoms with van der Waals surface area (Å²) in [6.07, 6.45) is 4.50. The van der Waals surface area contributed by atoms with Crippen molar-refractivity contribution in [1.82, 2.24) is 5.32 Å². The third-order valence-electron chi connectivity index (χ3n) is 3.42. The highest BCUT2D eigenvalue weighted by Gasteiger charge is 2.22. The number of nitrogens with zero attached hydrogens (tertiary/aromatic N) is 1. The average molecular weight is 288 g/mol. The summed E-state index contributed by atoms with van der Waals surface area (Å²) in [7, 11) is 0. The van der Waals surface area contributed by atoms with E-state index in [1.807, 2.05) is 12.1 Å². The van der Waals surface area contributed by atoms with Gasteiger partial charge in [-0.15, -0.1) is 0 Å². The zero-order valence-electron chi connectivity index (χ0n) is 12.6. The largest absolute Gasteiger partial charge is 0.370 e. The summed E-state index contributed by atoms with van der Waals surface area (Å²) in [6, 6.07) is 8.54. The molecule has 0 aromatic heterocycles. The highest BCUT2D eigenvalue weighted by atomic mass is 16.1. The van der Waals surface area contributed by atoms with Crippen LogP contribution in [0.1, 0.15) is 38.2 Å². The van der Waals surface area contributed by atoms with Gasteiger partial charge in [-0.1, -0.05) is 19.1 Å². The Morgan fingerprint density at radius 1 is 1.33 bits per heavy atom. The summed E-state index contributed by atoms with van der Waals surface area (Å²) in [5.41, 5.74) is 8.04. The standard InChI is InChI=1S/C16H24N4O/c1-2-12-5-7-14(8-6-12)20-16(17)18-11-3-4-15(21)19-13-9-10-13/h5-8,13H,2-4,9-11H2,1H3,(H,19,21)(H3,17,18,20). The second-order valence-electron chi connectivity index (χ2n) is 5.39. The van der Waals surface area contributed by atoms with E-state index < -0.39 is 0 Å². The predicted molar refractivity (Wildman–Crippen MR) is 86.3 cm³/mol. The number of anilines is 1. The third kappa shape index (κ3) is 5.85. The Kier molecular flexibility index (Phi) is 5.60. The fourth-order valence-electron chi connectivity index (χ4n) is 1.98. The molecule has 0 bridgehead atoms. The van der Waals surface area contributed by atoms with Crippen LogP contribution in [0.25, 0.3) is 0 Å². The van der Waals surface area contributed by atoms with E-state index in [-0.39, 0.29) is 5.91 Å². The third-order valence-corrected chi connectivity index (χ3v) is 3.42. The minimum Gasteiger partial charge on any atom is -0.370 e. The molecule has 4 N–H and O–H groups in total. The first kappa shape index (κ1) is 15.4. The van der Waals surface area contributed by atoms with Crippen molar-refractivity contribution >= 4 is 17.6 Å². The van der Waals surface area contributed by atoms with Gasteiger partial charge in [0.15, 0.2) is 5.96 Å². The van der Waals surface area contributed by atoms with E-state index in [1.54, 1.807) is 0 Å². The number of nitrogens with two attached hydrogens (primary N) is 1. The van der Waals surface area contributed by atoms with Gasteiger partial charge in [0.05, 0.1) is 0 Å². The molecule has 1 aliphatic carbocycles. The van der Waals surface area contributed by atoms with E-state index in [2.05, 4.69) is 34.7 Å². The molecule has 0 unspecified atom stereocenters. The molecular weight excluding hydrogens is 264 g/mol. The maximum atomic E-state index is 11.5. The zero-order valence-corrected chi connectivity index (χ0v) is 12.6. The van der Waals surface area contributed by atoms with Crippen LogP contribution in [-0.4, -0.2) is 24.5 Å². The molecule has 5 nitrogen and oxygen atoms in total. The Labute approximate surface area is 126 Å². The summed E-state index contributed by atoms with van der Waals surface area (Å²) >= 11 is 0. The van der Waals surface area contributed by atoms with Gasteiger partial charge in [-0.2, -0.15) is 0 Å². The van der Waals surface area contributed by atoms with E-state index in [1.165, 1.54) is 5.56 Å². The molecule has 1 saturated carbocycles. The van der Waals surface area contributed by atoms with E-state index in [4.69, 9.17) is 5.73 Å². The average Bonchev–Trinajstić information content (AvgIpc) is 3.28. The molecular formula is C16H24N4O. The molecule has 21 heavy (non-hydrogen) atoms. The van der Waals surface area contributed by atoms with Gasteiger partial charge >= 0.3 is 0 Å². The summed E-state index contributed by atoms with van der Waals surface area (Å²) < 4.78 is 0. The van der Waals surface area contributed by atoms with E-state index in [9.17, 15) is 4.79 Å². The summed E-state index contributed by atoms with van der Waals surface area (Å²) in [6.45, 7) is 2.68. The quantitative estimate of drug-likeness (QED) is 0.408. The number of carbonyl (C=O) groups excluding carboxylic acids is 1. The molecule has 5 heteroatoms. The van der Waals surface area contributed by atoms with Crippen molar-refractivity contribution in [2.24, 2.45) is 10.7 Å². The lowest BCUT2D eigenvalue weighted by Crippen LogP contribution is -2.25. The number of carbonyl (C=O) groups is 1. The Morgan fingerprint density at radius 3 is 2.67 bits per heavy atom. The number of guanidine groups is 1. The zero-order chi connectivity index (χ0) is 15.1. The molecule has 1 amide bonds. The molecule has 0 saturated heterocycles. The number of aryl methyl sites for hydroxylation is 1. The molecule has 2 rings (SSSR count). The summed E-state index contributed by atoms with van der Waals surface area (Å²) in [5, 5.41) is 6.01. The predicted octanol–water partition coefficient (Wildman–Crippen LogP) is 2.03. The fraction of sp³-hybridized carbons (Fsp3) is 0.500. The molecule has 0 radical (unpaired) electrons. The normalized spacial score (nSPS) is 14.8. The smallest absolute Gasteiger partial charge is 0.220 e. The van der Waals surface area contributed by atoms with Gasteiger partial charge in [0.1, 0.15) is 0 Å². The number of aliphatic imine (C=N–C) groups is 1. The van der Waals surface area contributed by atoms with Crippen LogP contribution < -0.4 is 16.4 Å². The van der Waals surface area contributed by atoms with Gasteiger partial charge in [-0.25, -0.2) is 0 Å². The summed E-state index contributed by atoms with van der Waals surface area (Å²) in [4.78, 5) is 15.7. The van der Waals surface area contributed by atoms with Crippen molar-refractivity contribution in [3.05, 3.63) is 29.8 Å². The van der Waals surface area contributed by atoms with Crippen molar-refractivity contribution in [3.8, 4) is 0 Å². The Hall–Kier alpha value is -2.04. The molecule has 0 aliphatic heterocycles. The maximum Gasteiger partial charge on any atom is 0.220 e. The first-order chi connectivity index (χ1) is 10.2. The lowest BCUT2D eigenvalue weighted by atomic mass is 10.1. The number of amides is 1. The summed E-state index contributed by atoms with van der Waals surface area (Å²) in [5.74, 6) is 0.510. The van der Waals surface area contributed by atoms with Crippen LogP contribution in [0.2, 0.25) is 0 Å². The van der Waals surface area contributed by atoms with Crippen LogP contribution >= 0.6 is 0 Å². The number of hydrogen-bond acceptors (Lipinski definition) is 2. The van der Waals surface area contributed by atoms with Gasteiger partial charge in [0, 0.05) is 24.7 Å². The van der Waals surface area contributed by atoms with Gasteiger partial charge in [-0.05, 0) is 43.4 Å². The first-order valence-corrected chi connectivity index (χ1v) is 7.62.